The first-order chi connectivity index (χ1) is 15.0. The Hall–Kier alpha value is -2.70. The molecule has 1 aliphatic carbocycles. The van der Waals surface area contributed by atoms with Gasteiger partial charge in [-0.2, -0.15) is 0 Å². The molecule has 4 rings (SSSR count). The number of benzene rings is 1. The quantitative estimate of drug-likeness (QED) is 0.470. The molecule has 2 aromatic heterocycles. The van der Waals surface area contributed by atoms with Crippen molar-refractivity contribution in [1.29, 1.82) is 0 Å². The monoisotopic (exact) mass is 439 g/mol. The van der Waals surface area contributed by atoms with Crippen molar-refractivity contribution in [1.82, 2.24) is 9.97 Å². The zero-order chi connectivity index (χ0) is 21.8. The molecular weight excluding hydrogens is 413 g/mol. The molecule has 1 aliphatic rings. The lowest BCUT2D eigenvalue weighted by Gasteiger charge is -2.27. The predicted octanol–water partition coefficient (Wildman–Crippen LogP) is 5.54. The third-order valence-corrected chi connectivity index (χ3v) is 5.91. The second-order valence-corrected chi connectivity index (χ2v) is 8.58. The molecule has 0 radical (unpaired) electrons. The number of pyridine rings is 2. The molecular formula is C24H27ClFN5. The maximum atomic E-state index is 13.4. The third-order valence-electron chi connectivity index (χ3n) is 5.61. The summed E-state index contributed by atoms with van der Waals surface area (Å²) in [6.07, 6.45) is 5.83. The highest BCUT2D eigenvalue weighted by Crippen LogP contribution is 2.32. The lowest BCUT2D eigenvalue weighted by molar-refractivity contribution is 0.410. The van der Waals surface area contributed by atoms with E-state index in [4.69, 9.17) is 17.3 Å². The maximum absolute atomic E-state index is 13.4. The second kappa shape index (κ2) is 9.62. The molecule has 1 aromatic carbocycles. The predicted molar refractivity (Wildman–Crippen MR) is 125 cm³/mol. The van der Waals surface area contributed by atoms with E-state index in [0.717, 1.165) is 53.9 Å². The van der Waals surface area contributed by atoms with Crippen molar-refractivity contribution < 1.29 is 4.39 Å². The van der Waals surface area contributed by atoms with Crippen molar-refractivity contribution >= 4 is 23.2 Å². The van der Waals surface area contributed by atoms with Gasteiger partial charge in [0.2, 0.25) is 0 Å². The molecule has 0 aliphatic heterocycles. The van der Waals surface area contributed by atoms with Gasteiger partial charge in [0.05, 0.1) is 5.02 Å². The van der Waals surface area contributed by atoms with Crippen LogP contribution < -0.4 is 16.4 Å². The van der Waals surface area contributed by atoms with Crippen LogP contribution in [0.3, 0.4) is 0 Å². The van der Waals surface area contributed by atoms with E-state index >= 15 is 0 Å². The van der Waals surface area contributed by atoms with Crippen LogP contribution in [-0.4, -0.2) is 22.1 Å². The van der Waals surface area contributed by atoms with E-state index < -0.39 is 0 Å². The van der Waals surface area contributed by atoms with E-state index in [2.05, 4.69) is 20.6 Å². The van der Waals surface area contributed by atoms with Crippen molar-refractivity contribution in [3.05, 3.63) is 70.8 Å². The topological polar surface area (TPSA) is 75.9 Å². The summed E-state index contributed by atoms with van der Waals surface area (Å²) in [6.45, 7) is 2.42. The molecule has 7 heteroatoms. The summed E-state index contributed by atoms with van der Waals surface area (Å²) < 4.78 is 13.4. The Kier molecular flexibility index (Phi) is 6.68. The molecule has 4 N–H and O–H groups in total. The van der Waals surface area contributed by atoms with Gasteiger partial charge in [0.25, 0.3) is 0 Å². The Labute approximate surface area is 187 Å². The normalized spacial score (nSPS) is 18.6. The van der Waals surface area contributed by atoms with Crippen LogP contribution in [0, 0.1) is 12.7 Å². The molecule has 1 saturated carbocycles. The molecule has 3 aromatic rings. The van der Waals surface area contributed by atoms with E-state index in [1.54, 1.807) is 12.3 Å². The lowest BCUT2D eigenvalue weighted by Crippen LogP contribution is -2.33. The zero-order valence-electron chi connectivity index (χ0n) is 17.5. The molecule has 0 amide bonds. The van der Waals surface area contributed by atoms with Gasteiger partial charge in [-0.25, -0.2) is 14.4 Å². The fourth-order valence-electron chi connectivity index (χ4n) is 3.97. The molecule has 0 unspecified atom stereocenters. The maximum Gasteiger partial charge on any atom is 0.127 e. The van der Waals surface area contributed by atoms with Crippen molar-refractivity contribution in [2.24, 2.45) is 5.73 Å². The molecule has 5 nitrogen and oxygen atoms in total. The Bertz CT molecular complexity index is 1050. The first-order valence-electron chi connectivity index (χ1n) is 10.6. The molecule has 0 saturated heterocycles. The number of nitrogens with two attached hydrogens (primary N) is 1. The number of aryl methyl sites for hydroxylation is 1. The van der Waals surface area contributed by atoms with Gasteiger partial charge in [-0.1, -0.05) is 23.7 Å². The van der Waals surface area contributed by atoms with Gasteiger partial charge in [0, 0.05) is 36.1 Å². The number of hydrogen-bond acceptors (Lipinski definition) is 5. The minimum absolute atomic E-state index is 0.249. The standard InChI is InChI=1S/C24H27ClFN5/c1-15-9-17(11-23(30-15)28-13-16-3-2-4-18(26)10-16)21-12-24(29-14-22(21)25)31-20-7-5-19(27)6-8-20/h2-4,9-12,14,19-20H,5-8,13,27H2,1H3,(H,28,30)(H,29,31)/t19-,20-. The SMILES string of the molecule is Cc1cc(-c2cc(N[C@H]3CC[C@H](N)CC3)ncc2Cl)cc(NCc2cccc(F)c2)n1. The summed E-state index contributed by atoms with van der Waals surface area (Å²) >= 11 is 6.50. The number of nitrogens with one attached hydrogen (secondary N) is 2. The summed E-state index contributed by atoms with van der Waals surface area (Å²) in [7, 11) is 0. The van der Waals surface area contributed by atoms with Crippen LogP contribution in [0.2, 0.25) is 5.02 Å². The van der Waals surface area contributed by atoms with E-state index in [1.165, 1.54) is 12.1 Å². The van der Waals surface area contributed by atoms with Crippen LogP contribution in [0.4, 0.5) is 16.0 Å². The van der Waals surface area contributed by atoms with Gasteiger partial charge in [0.1, 0.15) is 17.5 Å². The molecule has 0 spiro atoms. The van der Waals surface area contributed by atoms with Crippen LogP contribution >= 0.6 is 11.6 Å². The highest BCUT2D eigenvalue weighted by molar-refractivity contribution is 6.33. The highest BCUT2D eigenvalue weighted by atomic mass is 35.5. The first-order valence-corrected chi connectivity index (χ1v) is 11.0. The number of rotatable bonds is 6. The molecule has 162 valence electrons. The van der Waals surface area contributed by atoms with Crippen molar-refractivity contribution in [2.75, 3.05) is 10.6 Å². The number of anilines is 2. The first kappa shape index (κ1) is 21.5. The average Bonchev–Trinajstić information content (AvgIpc) is 2.75. The van der Waals surface area contributed by atoms with Crippen LogP contribution in [0.5, 0.6) is 0 Å². The largest absolute Gasteiger partial charge is 0.367 e. The van der Waals surface area contributed by atoms with E-state index in [0.29, 0.717) is 29.5 Å². The van der Waals surface area contributed by atoms with Crippen LogP contribution in [0.1, 0.15) is 36.9 Å². The molecule has 31 heavy (non-hydrogen) atoms. The van der Waals surface area contributed by atoms with E-state index in [-0.39, 0.29) is 5.82 Å². The fraction of sp³-hybridized carbons (Fsp3) is 0.333. The molecule has 0 atom stereocenters. The minimum atomic E-state index is -0.249. The minimum Gasteiger partial charge on any atom is -0.367 e. The van der Waals surface area contributed by atoms with Crippen molar-refractivity contribution in [2.45, 2.75) is 51.2 Å². The highest BCUT2D eigenvalue weighted by Gasteiger charge is 2.19. The number of halogens is 2. The molecule has 0 bridgehead atoms. The van der Waals surface area contributed by atoms with Gasteiger partial charge in [-0.05, 0) is 74.1 Å². The van der Waals surface area contributed by atoms with Gasteiger partial charge in [-0.15, -0.1) is 0 Å². The number of aromatic nitrogens is 2. The Balaban J connectivity index is 1.53. The van der Waals surface area contributed by atoms with Crippen LogP contribution in [0.15, 0.2) is 48.7 Å². The summed E-state index contributed by atoms with van der Waals surface area (Å²) in [5, 5.41) is 7.39. The van der Waals surface area contributed by atoms with Crippen LogP contribution in [0.25, 0.3) is 11.1 Å². The summed E-state index contributed by atoms with van der Waals surface area (Å²) in [6, 6.07) is 13.2. The molecule has 1 fully saturated rings. The van der Waals surface area contributed by atoms with Crippen molar-refractivity contribution in [3.63, 3.8) is 0 Å². The van der Waals surface area contributed by atoms with E-state index in [9.17, 15) is 4.39 Å². The van der Waals surface area contributed by atoms with E-state index in [1.807, 2.05) is 31.2 Å². The lowest BCUT2D eigenvalue weighted by atomic mass is 9.92. The van der Waals surface area contributed by atoms with Crippen molar-refractivity contribution in [3.8, 4) is 11.1 Å². The summed E-state index contributed by atoms with van der Waals surface area (Å²) in [5.41, 5.74) is 9.58. The van der Waals surface area contributed by atoms with Gasteiger partial charge in [-0.3, -0.25) is 0 Å². The number of hydrogen-bond donors (Lipinski definition) is 3. The third kappa shape index (κ3) is 5.71. The second-order valence-electron chi connectivity index (χ2n) is 8.17. The molecule has 2 heterocycles. The Morgan fingerprint density at radius 3 is 2.68 bits per heavy atom. The van der Waals surface area contributed by atoms with Gasteiger partial charge < -0.3 is 16.4 Å². The Morgan fingerprint density at radius 2 is 1.90 bits per heavy atom. The number of nitrogens with zero attached hydrogens (tertiary/aromatic N) is 2. The summed E-state index contributed by atoms with van der Waals surface area (Å²) in [4.78, 5) is 9.02. The summed E-state index contributed by atoms with van der Waals surface area (Å²) in [5.74, 6) is 1.27. The Morgan fingerprint density at radius 1 is 1.10 bits per heavy atom. The van der Waals surface area contributed by atoms with Gasteiger partial charge in [0.15, 0.2) is 0 Å². The smallest absolute Gasteiger partial charge is 0.127 e. The fourth-order valence-corrected chi connectivity index (χ4v) is 4.18. The average molecular weight is 440 g/mol. The van der Waals surface area contributed by atoms with Gasteiger partial charge >= 0.3 is 0 Å². The zero-order valence-corrected chi connectivity index (χ0v) is 18.3. The van der Waals surface area contributed by atoms with Crippen LogP contribution in [-0.2, 0) is 6.54 Å².